The van der Waals surface area contributed by atoms with Crippen molar-refractivity contribution < 1.29 is 17.9 Å². The molecule has 0 spiro atoms. The highest BCUT2D eigenvalue weighted by atomic mass is 32.2. The number of ether oxygens (including phenoxy) is 1. The molecule has 0 aliphatic rings. The highest BCUT2D eigenvalue weighted by molar-refractivity contribution is 7.91. The monoisotopic (exact) mass is 223 g/mol. The topological polar surface area (TPSA) is 86.5 Å². The van der Waals surface area contributed by atoms with E-state index in [1.807, 2.05) is 0 Å². The first-order chi connectivity index (χ1) is 6.52. The lowest BCUT2D eigenvalue weighted by molar-refractivity contribution is -0.140. The van der Waals surface area contributed by atoms with Gasteiger partial charge in [-0.25, -0.2) is 8.42 Å². The van der Waals surface area contributed by atoms with Crippen LogP contribution in [0.2, 0.25) is 0 Å². The van der Waals surface area contributed by atoms with Crippen LogP contribution < -0.4 is 5.73 Å². The van der Waals surface area contributed by atoms with E-state index in [-0.39, 0.29) is 17.9 Å². The van der Waals surface area contributed by atoms with Crippen LogP contribution in [0.15, 0.2) is 0 Å². The first kappa shape index (κ1) is 13.4. The van der Waals surface area contributed by atoms with E-state index in [0.29, 0.717) is 19.4 Å². The number of sulfone groups is 1. The van der Waals surface area contributed by atoms with E-state index < -0.39 is 15.8 Å². The number of hydrogen-bond donors (Lipinski definition) is 1. The van der Waals surface area contributed by atoms with Crippen molar-refractivity contribution in [3.63, 3.8) is 0 Å². The molecule has 0 fully saturated rings. The summed E-state index contributed by atoms with van der Waals surface area (Å²) in [4.78, 5) is 10.7. The number of unbranched alkanes of at least 4 members (excludes halogenated alkanes) is 1. The van der Waals surface area contributed by atoms with Gasteiger partial charge in [0.15, 0.2) is 9.84 Å². The van der Waals surface area contributed by atoms with Gasteiger partial charge in [0.1, 0.15) is 0 Å². The van der Waals surface area contributed by atoms with Gasteiger partial charge in [0, 0.05) is 0 Å². The van der Waals surface area contributed by atoms with Crippen LogP contribution in [-0.2, 0) is 19.4 Å². The van der Waals surface area contributed by atoms with Gasteiger partial charge in [-0.2, -0.15) is 0 Å². The molecule has 0 aromatic carbocycles. The zero-order chi connectivity index (χ0) is 11.0. The molecule has 0 saturated heterocycles. The molecule has 84 valence electrons. The zero-order valence-corrected chi connectivity index (χ0v) is 9.18. The number of hydrogen-bond acceptors (Lipinski definition) is 5. The number of carbonyl (C=O) groups is 1. The Morgan fingerprint density at radius 2 is 1.93 bits per heavy atom. The van der Waals surface area contributed by atoms with Gasteiger partial charge in [0.2, 0.25) is 0 Å². The molecule has 0 amide bonds. The average Bonchev–Trinajstić information content (AvgIpc) is 2.14. The second kappa shape index (κ2) is 6.78. The maximum Gasteiger partial charge on any atom is 0.306 e. The van der Waals surface area contributed by atoms with E-state index in [1.165, 1.54) is 7.11 Å². The van der Waals surface area contributed by atoms with Crippen LogP contribution in [0.25, 0.3) is 0 Å². The van der Waals surface area contributed by atoms with Crippen LogP contribution >= 0.6 is 0 Å². The highest BCUT2D eigenvalue weighted by Gasteiger charge is 2.12. The van der Waals surface area contributed by atoms with Gasteiger partial charge in [0.25, 0.3) is 0 Å². The highest BCUT2D eigenvalue weighted by Crippen LogP contribution is 1.99. The van der Waals surface area contributed by atoms with Crippen molar-refractivity contribution in [3.05, 3.63) is 0 Å². The predicted molar refractivity (Wildman–Crippen MR) is 53.6 cm³/mol. The Kier molecular flexibility index (Phi) is 6.48. The second-order valence-electron chi connectivity index (χ2n) is 2.97. The fraction of sp³-hybridized carbons (Fsp3) is 0.875. The first-order valence-corrected chi connectivity index (χ1v) is 6.31. The minimum Gasteiger partial charge on any atom is -0.469 e. The van der Waals surface area contributed by atoms with Gasteiger partial charge < -0.3 is 10.5 Å². The Morgan fingerprint density at radius 1 is 1.29 bits per heavy atom. The molecule has 0 aromatic heterocycles. The van der Waals surface area contributed by atoms with Crippen molar-refractivity contribution in [3.8, 4) is 0 Å². The molecule has 0 heterocycles. The molecule has 2 N–H and O–H groups in total. The molecule has 0 aromatic rings. The van der Waals surface area contributed by atoms with Crippen LogP contribution in [-0.4, -0.2) is 39.5 Å². The number of rotatable bonds is 7. The van der Waals surface area contributed by atoms with Crippen LogP contribution in [0.1, 0.15) is 19.3 Å². The largest absolute Gasteiger partial charge is 0.469 e. The number of nitrogens with two attached hydrogens (primary N) is 1. The number of esters is 1. The van der Waals surface area contributed by atoms with Gasteiger partial charge in [-0.15, -0.1) is 0 Å². The van der Waals surface area contributed by atoms with E-state index in [0.717, 1.165) is 0 Å². The third kappa shape index (κ3) is 6.85. The minimum absolute atomic E-state index is 0.0680. The van der Waals surface area contributed by atoms with Crippen molar-refractivity contribution in [1.29, 1.82) is 0 Å². The molecule has 5 nitrogen and oxygen atoms in total. The van der Waals surface area contributed by atoms with E-state index >= 15 is 0 Å². The van der Waals surface area contributed by atoms with E-state index in [1.54, 1.807) is 0 Å². The Hall–Kier alpha value is -0.620. The zero-order valence-electron chi connectivity index (χ0n) is 8.36. The lowest BCUT2D eigenvalue weighted by Gasteiger charge is -2.02. The van der Waals surface area contributed by atoms with Crippen molar-refractivity contribution in [2.75, 3.05) is 25.2 Å². The average molecular weight is 223 g/mol. The maximum atomic E-state index is 11.3. The van der Waals surface area contributed by atoms with E-state index in [4.69, 9.17) is 5.73 Å². The number of methoxy groups -OCH3 is 1. The Bertz CT molecular complexity index is 261. The van der Waals surface area contributed by atoms with E-state index in [9.17, 15) is 13.2 Å². The Labute approximate surface area is 84.5 Å². The van der Waals surface area contributed by atoms with Crippen molar-refractivity contribution in [2.45, 2.75) is 19.3 Å². The molecule has 0 atom stereocenters. The summed E-state index contributed by atoms with van der Waals surface area (Å²) in [6.45, 7) is 0.493. The fourth-order valence-electron chi connectivity index (χ4n) is 0.909. The Balaban J connectivity index is 3.78. The SMILES string of the molecule is COC(=O)CCS(=O)(=O)CCCCN. The number of carbonyl (C=O) groups excluding carboxylic acids is 1. The van der Waals surface area contributed by atoms with Gasteiger partial charge in [-0.05, 0) is 19.4 Å². The van der Waals surface area contributed by atoms with Crippen LogP contribution in [0, 0.1) is 0 Å². The summed E-state index contributed by atoms with van der Waals surface area (Å²) < 4.78 is 26.9. The summed E-state index contributed by atoms with van der Waals surface area (Å²) in [6, 6.07) is 0. The van der Waals surface area contributed by atoms with Gasteiger partial charge >= 0.3 is 5.97 Å². The molecule has 0 radical (unpaired) electrons. The first-order valence-electron chi connectivity index (χ1n) is 4.49. The molecule has 14 heavy (non-hydrogen) atoms. The second-order valence-corrected chi connectivity index (χ2v) is 5.28. The summed E-state index contributed by atoms with van der Waals surface area (Å²) in [5, 5.41) is 0. The van der Waals surface area contributed by atoms with Crippen LogP contribution in [0.3, 0.4) is 0 Å². The molecule has 0 rings (SSSR count). The molecular formula is C8H17NO4S. The molecule has 0 aliphatic carbocycles. The molecule has 0 unspecified atom stereocenters. The molecule has 0 saturated carbocycles. The normalized spacial score (nSPS) is 11.3. The van der Waals surface area contributed by atoms with Crippen LogP contribution in [0.5, 0.6) is 0 Å². The summed E-state index contributed by atoms with van der Waals surface area (Å²) >= 11 is 0. The quantitative estimate of drug-likeness (QED) is 0.473. The summed E-state index contributed by atoms with van der Waals surface area (Å²) in [7, 11) is -1.88. The Morgan fingerprint density at radius 3 is 2.43 bits per heavy atom. The molecule has 0 aliphatic heterocycles. The van der Waals surface area contributed by atoms with Gasteiger partial charge in [-0.3, -0.25) is 4.79 Å². The fourth-order valence-corrected chi connectivity index (χ4v) is 2.24. The molecule has 0 bridgehead atoms. The van der Waals surface area contributed by atoms with Gasteiger partial charge in [-0.1, -0.05) is 0 Å². The third-order valence-corrected chi connectivity index (χ3v) is 3.49. The lowest BCUT2D eigenvalue weighted by atomic mass is 10.3. The summed E-state index contributed by atoms with van der Waals surface area (Å²) in [5.41, 5.74) is 5.23. The van der Waals surface area contributed by atoms with Crippen molar-refractivity contribution in [2.24, 2.45) is 5.73 Å². The van der Waals surface area contributed by atoms with E-state index in [2.05, 4.69) is 4.74 Å². The molecule has 6 heteroatoms. The van der Waals surface area contributed by atoms with Crippen molar-refractivity contribution in [1.82, 2.24) is 0 Å². The van der Waals surface area contributed by atoms with Crippen LogP contribution in [0.4, 0.5) is 0 Å². The lowest BCUT2D eigenvalue weighted by Crippen LogP contribution is -2.16. The third-order valence-electron chi connectivity index (χ3n) is 1.75. The maximum absolute atomic E-state index is 11.3. The summed E-state index contributed by atoms with van der Waals surface area (Å²) in [5.74, 6) is -0.529. The minimum atomic E-state index is -3.12. The molecular weight excluding hydrogens is 206 g/mol. The van der Waals surface area contributed by atoms with Gasteiger partial charge in [0.05, 0.1) is 25.0 Å². The predicted octanol–water partition coefficient (Wildman–Crippen LogP) is -0.297. The standard InChI is InChI=1S/C8H17NO4S/c1-13-8(10)4-7-14(11,12)6-3-2-5-9/h2-7,9H2,1H3. The smallest absolute Gasteiger partial charge is 0.306 e. The summed E-state index contributed by atoms with van der Waals surface area (Å²) in [6.07, 6.45) is 1.18. The van der Waals surface area contributed by atoms with Crippen molar-refractivity contribution >= 4 is 15.8 Å².